The molecule has 102 valence electrons. The second-order valence-electron chi connectivity index (χ2n) is 5.79. The van der Waals surface area contributed by atoms with E-state index in [1.165, 1.54) is 11.1 Å². The smallest absolute Gasteiger partial charge is 0.122 e. The second-order valence-corrected chi connectivity index (χ2v) is 5.79. The highest BCUT2D eigenvalue weighted by molar-refractivity contribution is 5.47. The van der Waals surface area contributed by atoms with Crippen molar-refractivity contribution in [3.05, 3.63) is 64.7 Å². The Balaban J connectivity index is 1.85. The van der Waals surface area contributed by atoms with Crippen molar-refractivity contribution < 1.29 is 9.84 Å². The van der Waals surface area contributed by atoms with Gasteiger partial charge in [-0.25, -0.2) is 0 Å². The fourth-order valence-electron chi connectivity index (χ4n) is 3.55. The summed E-state index contributed by atoms with van der Waals surface area (Å²) < 4.78 is 5.56. The first-order valence-electron chi connectivity index (χ1n) is 7.34. The van der Waals surface area contributed by atoms with E-state index in [0.717, 1.165) is 49.2 Å². The molecule has 2 aliphatic rings. The maximum atomic E-state index is 11.3. The van der Waals surface area contributed by atoms with Gasteiger partial charge in [0.2, 0.25) is 0 Å². The molecule has 0 saturated carbocycles. The van der Waals surface area contributed by atoms with Crippen molar-refractivity contribution in [1.29, 1.82) is 0 Å². The number of hydrogen-bond donors (Lipinski definition) is 1. The summed E-state index contributed by atoms with van der Waals surface area (Å²) in [6, 6.07) is 14.4. The maximum Gasteiger partial charge on any atom is 0.122 e. The number of benzene rings is 2. The van der Waals surface area contributed by atoms with Crippen LogP contribution < -0.4 is 4.74 Å². The van der Waals surface area contributed by atoms with E-state index in [1.807, 2.05) is 18.2 Å². The highest BCUT2D eigenvalue weighted by atomic mass is 16.5. The van der Waals surface area contributed by atoms with Crippen molar-refractivity contribution >= 4 is 0 Å². The molecule has 1 aliphatic heterocycles. The van der Waals surface area contributed by atoms with Gasteiger partial charge in [0.1, 0.15) is 11.4 Å². The molecule has 0 aromatic heterocycles. The van der Waals surface area contributed by atoms with Crippen LogP contribution in [0.15, 0.2) is 42.5 Å². The minimum atomic E-state index is -0.841. The maximum absolute atomic E-state index is 11.3. The summed E-state index contributed by atoms with van der Waals surface area (Å²) in [5.41, 5.74) is 3.74. The number of hydrogen-bond acceptors (Lipinski definition) is 2. The zero-order valence-electron chi connectivity index (χ0n) is 11.4. The lowest BCUT2D eigenvalue weighted by Crippen LogP contribution is -2.31. The van der Waals surface area contributed by atoms with E-state index in [4.69, 9.17) is 4.74 Å². The molecule has 0 radical (unpaired) electrons. The van der Waals surface area contributed by atoms with Gasteiger partial charge < -0.3 is 9.84 Å². The largest absolute Gasteiger partial charge is 0.493 e. The number of fused-ring (bicyclic) bond motifs is 2. The minimum absolute atomic E-state index is 0.758. The minimum Gasteiger partial charge on any atom is -0.493 e. The molecule has 0 spiro atoms. The predicted octanol–water partition coefficient (Wildman–Crippen LogP) is 3.19. The SMILES string of the molecule is OC1(c2ccc3c(c2)CCO3)CCCc2ccccc21. The Morgan fingerprint density at radius 1 is 1.00 bits per heavy atom. The highest BCUT2D eigenvalue weighted by Crippen LogP contribution is 2.42. The molecular formula is C18H18O2. The van der Waals surface area contributed by atoms with Gasteiger partial charge in [-0.05, 0) is 53.6 Å². The Bertz CT molecular complexity index is 662. The molecule has 1 unspecified atom stereocenters. The quantitative estimate of drug-likeness (QED) is 0.859. The molecule has 2 aromatic carbocycles. The molecule has 1 heterocycles. The second kappa shape index (κ2) is 4.35. The van der Waals surface area contributed by atoms with Crippen LogP contribution in [0.2, 0.25) is 0 Å². The third-order valence-corrected chi connectivity index (χ3v) is 4.61. The Hall–Kier alpha value is -1.80. The molecule has 2 aromatic rings. The third-order valence-electron chi connectivity index (χ3n) is 4.61. The van der Waals surface area contributed by atoms with Gasteiger partial charge in [0.25, 0.3) is 0 Å². The zero-order valence-corrected chi connectivity index (χ0v) is 11.4. The zero-order chi connectivity index (χ0) is 13.6. The molecular weight excluding hydrogens is 248 g/mol. The summed E-state index contributed by atoms with van der Waals surface area (Å²) in [5.74, 6) is 0.974. The Labute approximate surface area is 119 Å². The van der Waals surface area contributed by atoms with Crippen LogP contribution in [0.3, 0.4) is 0 Å². The standard InChI is InChI=1S/C18H18O2/c19-18(10-3-5-13-4-1-2-6-16(13)18)15-7-8-17-14(12-15)9-11-20-17/h1-2,4,6-8,12,19H,3,5,9-11H2. The third kappa shape index (κ3) is 1.68. The van der Waals surface area contributed by atoms with Crippen molar-refractivity contribution in [2.24, 2.45) is 0 Å². The monoisotopic (exact) mass is 266 g/mol. The van der Waals surface area contributed by atoms with Gasteiger partial charge in [-0.15, -0.1) is 0 Å². The lowest BCUT2D eigenvalue weighted by Gasteiger charge is -2.35. The molecule has 0 bridgehead atoms. The van der Waals surface area contributed by atoms with Gasteiger partial charge in [0.05, 0.1) is 6.61 Å². The molecule has 1 atom stereocenters. The van der Waals surface area contributed by atoms with E-state index >= 15 is 0 Å². The van der Waals surface area contributed by atoms with Crippen LogP contribution in [-0.4, -0.2) is 11.7 Å². The lowest BCUT2D eigenvalue weighted by atomic mass is 9.75. The van der Waals surface area contributed by atoms with E-state index in [-0.39, 0.29) is 0 Å². The van der Waals surface area contributed by atoms with Gasteiger partial charge in [0, 0.05) is 6.42 Å². The summed E-state index contributed by atoms with van der Waals surface area (Å²) in [5, 5.41) is 11.3. The van der Waals surface area contributed by atoms with Crippen LogP contribution in [0.1, 0.15) is 35.1 Å². The summed E-state index contributed by atoms with van der Waals surface area (Å²) in [6.45, 7) is 0.758. The van der Waals surface area contributed by atoms with Gasteiger partial charge in [-0.1, -0.05) is 30.3 Å². The summed E-state index contributed by atoms with van der Waals surface area (Å²) in [4.78, 5) is 0. The molecule has 0 saturated heterocycles. The van der Waals surface area contributed by atoms with Gasteiger partial charge in [-0.3, -0.25) is 0 Å². The fraction of sp³-hybridized carbons (Fsp3) is 0.333. The fourth-order valence-corrected chi connectivity index (χ4v) is 3.55. The summed E-state index contributed by atoms with van der Waals surface area (Å²) in [7, 11) is 0. The number of aliphatic hydroxyl groups is 1. The van der Waals surface area contributed by atoms with E-state index in [0.29, 0.717) is 0 Å². The first-order chi connectivity index (χ1) is 9.77. The first kappa shape index (κ1) is 12.0. The van der Waals surface area contributed by atoms with E-state index < -0.39 is 5.60 Å². The van der Waals surface area contributed by atoms with Crippen molar-refractivity contribution in [2.75, 3.05) is 6.61 Å². The Morgan fingerprint density at radius 2 is 1.90 bits per heavy atom. The van der Waals surface area contributed by atoms with E-state index in [2.05, 4.69) is 24.3 Å². The molecule has 20 heavy (non-hydrogen) atoms. The highest BCUT2D eigenvalue weighted by Gasteiger charge is 2.36. The normalized spacial score (nSPS) is 23.9. The van der Waals surface area contributed by atoms with Crippen LogP contribution >= 0.6 is 0 Å². The van der Waals surface area contributed by atoms with E-state index in [9.17, 15) is 5.11 Å². The number of aryl methyl sites for hydroxylation is 1. The number of ether oxygens (including phenoxy) is 1. The summed E-state index contributed by atoms with van der Waals surface area (Å²) >= 11 is 0. The average molecular weight is 266 g/mol. The van der Waals surface area contributed by atoms with Crippen LogP contribution in [0.25, 0.3) is 0 Å². The first-order valence-corrected chi connectivity index (χ1v) is 7.34. The van der Waals surface area contributed by atoms with Crippen LogP contribution in [0, 0.1) is 0 Å². The van der Waals surface area contributed by atoms with Crippen molar-refractivity contribution in [3.63, 3.8) is 0 Å². The summed E-state index contributed by atoms with van der Waals surface area (Å²) in [6.07, 6.45) is 3.83. The lowest BCUT2D eigenvalue weighted by molar-refractivity contribution is 0.0615. The molecule has 0 amide bonds. The van der Waals surface area contributed by atoms with Crippen molar-refractivity contribution in [1.82, 2.24) is 0 Å². The topological polar surface area (TPSA) is 29.5 Å². The van der Waals surface area contributed by atoms with Crippen molar-refractivity contribution in [2.45, 2.75) is 31.3 Å². The van der Waals surface area contributed by atoms with E-state index in [1.54, 1.807) is 0 Å². The molecule has 2 heteroatoms. The average Bonchev–Trinajstić information content (AvgIpc) is 2.95. The molecule has 0 fully saturated rings. The van der Waals surface area contributed by atoms with Crippen molar-refractivity contribution in [3.8, 4) is 5.75 Å². The van der Waals surface area contributed by atoms with Gasteiger partial charge >= 0.3 is 0 Å². The van der Waals surface area contributed by atoms with Gasteiger partial charge in [-0.2, -0.15) is 0 Å². The number of rotatable bonds is 1. The molecule has 1 N–H and O–H groups in total. The van der Waals surface area contributed by atoms with Crippen LogP contribution in [0.4, 0.5) is 0 Å². The Morgan fingerprint density at radius 3 is 2.85 bits per heavy atom. The van der Waals surface area contributed by atoms with Gasteiger partial charge in [0.15, 0.2) is 0 Å². The Kier molecular flexibility index (Phi) is 2.61. The molecule has 1 aliphatic carbocycles. The van der Waals surface area contributed by atoms with Crippen LogP contribution in [-0.2, 0) is 18.4 Å². The van der Waals surface area contributed by atoms with Crippen LogP contribution in [0.5, 0.6) is 5.75 Å². The molecule has 2 nitrogen and oxygen atoms in total. The predicted molar refractivity (Wildman–Crippen MR) is 78.0 cm³/mol. The molecule has 4 rings (SSSR count).